The molecule has 2 rings (SSSR count). The average molecular weight is 418 g/mol. The van der Waals surface area contributed by atoms with Crippen molar-refractivity contribution in [2.24, 2.45) is 0 Å². The van der Waals surface area contributed by atoms with E-state index in [2.05, 4.69) is 16.0 Å². The average Bonchev–Trinajstić information content (AvgIpc) is 2.68. The van der Waals surface area contributed by atoms with Crippen LogP contribution in [0, 0.1) is 0 Å². The zero-order chi connectivity index (χ0) is 21.2. The number of ether oxygens (including phenoxy) is 1. The number of benzene rings is 2. The van der Waals surface area contributed by atoms with Gasteiger partial charge in [0.05, 0.1) is 17.1 Å². The van der Waals surface area contributed by atoms with E-state index in [-0.39, 0.29) is 18.7 Å². The highest BCUT2D eigenvalue weighted by Crippen LogP contribution is 2.20. The molecule has 0 saturated carbocycles. The summed E-state index contributed by atoms with van der Waals surface area (Å²) < 4.78 is 4.86. The summed E-state index contributed by atoms with van der Waals surface area (Å²) in [5, 5.41) is 8.15. The minimum absolute atomic E-state index is 0.101. The number of carbonyl (C=O) groups excluding carboxylic acids is 4. The summed E-state index contributed by atoms with van der Waals surface area (Å²) in [5.41, 5.74) is 1.53. The largest absolute Gasteiger partial charge is 0.456 e. The van der Waals surface area contributed by atoms with Crippen LogP contribution in [0.5, 0.6) is 0 Å². The third-order valence-corrected chi connectivity index (χ3v) is 3.89. The van der Waals surface area contributed by atoms with Crippen LogP contribution in [0.3, 0.4) is 0 Å². The highest BCUT2D eigenvalue weighted by atomic mass is 35.5. The van der Waals surface area contributed by atoms with Crippen molar-refractivity contribution >= 4 is 52.4 Å². The van der Waals surface area contributed by atoms with Gasteiger partial charge in [-0.2, -0.15) is 0 Å². The van der Waals surface area contributed by atoms with Gasteiger partial charge in [0.25, 0.3) is 5.91 Å². The third-order valence-electron chi connectivity index (χ3n) is 3.56. The lowest BCUT2D eigenvalue weighted by Crippen LogP contribution is -2.21. The van der Waals surface area contributed by atoms with Gasteiger partial charge in [0.15, 0.2) is 6.61 Å². The second-order valence-corrected chi connectivity index (χ2v) is 6.40. The lowest BCUT2D eigenvalue weighted by Gasteiger charge is -2.08. The Morgan fingerprint density at radius 1 is 0.828 bits per heavy atom. The van der Waals surface area contributed by atoms with Crippen molar-refractivity contribution in [3.8, 4) is 0 Å². The van der Waals surface area contributed by atoms with Crippen molar-refractivity contribution in [3.05, 3.63) is 53.6 Å². The Hall–Kier alpha value is -3.39. The first-order valence-electron chi connectivity index (χ1n) is 8.71. The van der Waals surface area contributed by atoms with Crippen molar-refractivity contribution in [1.82, 2.24) is 0 Å². The molecule has 0 aliphatic carbocycles. The van der Waals surface area contributed by atoms with Gasteiger partial charge in [0.1, 0.15) is 0 Å². The maximum atomic E-state index is 11.9. The van der Waals surface area contributed by atoms with Gasteiger partial charge >= 0.3 is 5.97 Å². The first-order valence-corrected chi connectivity index (χ1v) is 9.09. The molecule has 0 aliphatic heterocycles. The van der Waals surface area contributed by atoms with Crippen LogP contribution >= 0.6 is 11.6 Å². The van der Waals surface area contributed by atoms with E-state index >= 15 is 0 Å². The molecule has 2 aromatic rings. The number of anilines is 3. The number of rotatable bonds is 8. The zero-order valence-corrected chi connectivity index (χ0v) is 16.4. The van der Waals surface area contributed by atoms with Crippen LogP contribution in [0.1, 0.15) is 19.8 Å². The highest BCUT2D eigenvalue weighted by molar-refractivity contribution is 6.33. The number of carbonyl (C=O) groups is 4. The van der Waals surface area contributed by atoms with Crippen molar-refractivity contribution in [2.75, 3.05) is 22.6 Å². The maximum absolute atomic E-state index is 11.9. The Morgan fingerprint density at radius 2 is 1.45 bits per heavy atom. The van der Waals surface area contributed by atoms with Crippen molar-refractivity contribution in [1.29, 1.82) is 0 Å². The van der Waals surface area contributed by atoms with Crippen molar-refractivity contribution in [2.45, 2.75) is 19.8 Å². The molecule has 0 atom stereocenters. The number of hydrogen-bond acceptors (Lipinski definition) is 5. The molecule has 0 aliphatic rings. The van der Waals surface area contributed by atoms with Gasteiger partial charge in [0.2, 0.25) is 11.8 Å². The van der Waals surface area contributed by atoms with E-state index in [1.54, 1.807) is 48.5 Å². The fourth-order valence-electron chi connectivity index (χ4n) is 2.25. The molecule has 0 bridgehead atoms. The molecule has 9 heteroatoms. The molecule has 3 N–H and O–H groups in total. The fourth-order valence-corrected chi connectivity index (χ4v) is 2.43. The van der Waals surface area contributed by atoms with Crippen molar-refractivity contribution in [3.63, 3.8) is 0 Å². The van der Waals surface area contributed by atoms with Gasteiger partial charge in [-0.1, -0.05) is 23.7 Å². The summed E-state index contributed by atoms with van der Waals surface area (Å²) in [6.07, 6.45) is -0.273. The summed E-state index contributed by atoms with van der Waals surface area (Å²) in [6.45, 7) is 0.920. The van der Waals surface area contributed by atoms with E-state index < -0.39 is 24.4 Å². The molecule has 0 spiro atoms. The molecule has 0 saturated heterocycles. The van der Waals surface area contributed by atoms with Crippen LogP contribution in [0.4, 0.5) is 17.1 Å². The summed E-state index contributed by atoms with van der Waals surface area (Å²) >= 11 is 5.94. The molecule has 0 radical (unpaired) electrons. The van der Waals surface area contributed by atoms with E-state index in [1.165, 1.54) is 6.92 Å². The Morgan fingerprint density at radius 3 is 2.07 bits per heavy atom. The molecule has 0 fully saturated rings. The van der Waals surface area contributed by atoms with Crippen LogP contribution in [-0.4, -0.2) is 30.3 Å². The first-order chi connectivity index (χ1) is 13.8. The molecule has 8 nitrogen and oxygen atoms in total. The lowest BCUT2D eigenvalue weighted by molar-refractivity contribution is -0.147. The fraction of sp³-hybridized carbons (Fsp3) is 0.200. The van der Waals surface area contributed by atoms with E-state index in [9.17, 15) is 19.2 Å². The summed E-state index contributed by atoms with van der Waals surface area (Å²) in [7, 11) is 0. The van der Waals surface area contributed by atoms with Crippen LogP contribution in [0.25, 0.3) is 0 Å². The molecular weight excluding hydrogens is 398 g/mol. The molecule has 2 aromatic carbocycles. The van der Waals surface area contributed by atoms with Gasteiger partial charge in [-0.15, -0.1) is 0 Å². The Labute approximate surface area is 172 Å². The topological polar surface area (TPSA) is 114 Å². The number of amides is 3. The molecular formula is C20H20ClN3O5. The molecule has 0 aromatic heterocycles. The summed E-state index contributed by atoms with van der Waals surface area (Å²) in [4.78, 5) is 46.4. The van der Waals surface area contributed by atoms with E-state index in [0.29, 0.717) is 22.1 Å². The SMILES string of the molecule is CC(=O)Nc1ccc(NC(=O)COC(=O)CCC(=O)Nc2ccccc2Cl)cc1. The Kier molecular flexibility index (Phi) is 8.17. The number of esters is 1. The van der Waals surface area contributed by atoms with Gasteiger partial charge in [-0.25, -0.2) is 0 Å². The number of hydrogen-bond donors (Lipinski definition) is 3. The van der Waals surface area contributed by atoms with E-state index in [1.807, 2.05) is 0 Å². The van der Waals surface area contributed by atoms with Gasteiger partial charge in [0, 0.05) is 24.7 Å². The quantitative estimate of drug-likeness (QED) is 0.571. The number of para-hydroxylation sites is 1. The predicted octanol–water partition coefficient (Wildman–Crippen LogP) is 3.20. The Balaban J connectivity index is 1.69. The standard InChI is InChI=1S/C20H20ClN3O5/c1-13(25)22-14-6-8-15(9-7-14)23-19(27)12-29-20(28)11-10-18(26)24-17-5-3-2-4-16(17)21/h2-9H,10-12H2,1H3,(H,22,25)(H,23,27)(H,24,26). The second kappa shape index (κ2) is 10.8. The molecule has 0 heterocycles. The van der Waals surface area contributed by atoms with E-state index in [0.717, 1.165) is 0 Å². The predicted molar refractivity (Wildman–Crippen MR) is 110 cm³/mol. The van der Waals surface area contributed by atoms with Crippen molar-refractivity contribution < 1.29 is 23.9 Å². The molecule has 152 valence electrons. The maximum Gasteiger partial charge on any atom is 0.306 e. The summed E-state index contributed by atoms with van der Waals surface area (Å²) in [5.74, 6) is -1.78. The van der Waals surface area contributed by atoms with Crippen LogP contribution in [0.15, 0.2) is 48.5 Å². The van der Waals surface area contributed by atoms with E-state index in [4.69, 9.17) is 16.3 Å². The molecule has 3 amide bonds. The minimum atomic E-state index is -0.671. The monoisotopic (exact) mass is 417 g/mol. The first kappa shape index (κ1) is 21.9. The highest BCUT2D eigenvalue weighted by Gasteiger charge is 2.12. The normalized spacial score (nSPS) is 10.0. The third kappa shape index (κ3) is 8.02. The smallest absolute Gasteiger partial charge is 0.306 e. The second-order valence-electron chi connectivity index (χ2n) is 6.00. The van der Waals surface area contributed by atoms with Crippen LogP contribution in [-0.2, 0) is 23.9 Å². The minimum Gasteiger partial charge on any atom is -0.456 e. The lowest BCUT2D eigenvalue weighted by atomic mass is 10.2. The molecule has 0 unspecified atom stereocenters. The van der Waals surface area contributed by atoms with Crippen LogP contribution in [0.2, 0.25) is 5.02 Å². The van der Waals surface area contributed by atoms with Gasteiger partial charge < -0.3 is 20.7 Å². The number of halogens is 1. The number of nitrogens with one attached hydrogen (secondary N) is 3. The molecule has 29 heavy (non-hydrogen) atoms. The van der Waals surface area contributed by atoms with Gasteiger partial charge in [-0.05, 0) is 36.4 Å². The van der Waals surface area contributed by atoms with Gasteiger partial charge in [-0.3, -0.25) is 19.2 Å². The van der Waals surface area contributed by atoms with Crippen LogP contribution < -0.4 is 16.0 Å². The Bertz CT molecular complexity index is 899. The summed E-state index contributed by atoms with van der Waals surface area (Å²) in [6, 6.07) is 13.2. The zero-order valence-electron chi connectivity index (χ0n) is 15.7.